The molecule has 0 fully saturated rings. The lowest BCUT2D eigenvalue weighted by Crippen LogP contribution is -2.14. The number of fused-ring (bicyclic) bond motifs is 7. The summed E-state index contributed by atoms with van der Waals surface area (Å²) in [4.78, 5) is 10.3. The predicted molar refractivity (Wildman–Crippen MR) is 232 cm³/mol. The Morgan fingerprint density at radius 3 is 1.88 bits per heavy atom. The summed E-state index contributed by atoms with van der Waals surface area (Å²) in [5.41, 5.74) is 16.6. The molecule has 0 aliphatic heterocycles. The summed E-state index contributed by atoms with van der Waals surface area (Å²) in [5, 5.41) is 4.79. The monoisotopic (exact) mass is 716 g/mol. The van der Waals surface area contributed by atoms with Crippen LogP contribution < -0.4 is 0 Å². The summed E-state index contributed by atoms with van der Waals surface area (Å²) in [6.07, 6.45) is 0. The highest BCUT2D eigenvalue weighted by molar-refractivity contribution is 6.12. The summed E-state index contributed by atoms with van der Waals surface area (Å²) in [7, 11) is 0. The number of aromatic nitrogens is 2. The van der Waals surface area contributed by atoms with Gasteiger partial charge in [-0.25, -0.2) is 9.97 Å². The van der Waals surface area contributed by atoms with Gasteiger partial charge in [0.2, 0.25) is 0 Å². The predicted octanol–water partition coefficient (Wildman–Crippen LogP) is 14.2. The first kappa shape index (κ1) is 32.3. The third kappa shape index (κ3) is 5.12. The highest BCUT2D eigenvalue weighted by atomic mass is 16.3. The number of rotatable bonds is 5. The zero-order valence-corrected chi connectivity index (χ0v) is 31.1. The summed E-state index contributed by atoms with van der Waals surface area (Å²) in [6.45, 7) is 4.71. The van der Waals surface area contributed by atoms with Crippen LogP contribution in [0.4, 0.5) is 0 Å². The molecule has 56 heavy (non-hydrogen) atoms. The van der Waals surface area contributed by atoms with Gasteiger partial charge in [-0.1, -0.05) is 159 Å². The van der Waals surface area contributed by atoms with E-state index < -0.39 is 0 Å². The first-order valence-corrected chi connectivity index (χ1v) is 19.2. The van der Waals surface area contributed by atoms with Crippen LogP contribution in [-0.2, 0) is 5.41 Å². The SMILES string of the molecule is CC1(C)c2cc3ccccc3cc2-c2c(-c3ccc(-c4cc(-c5cccc(-c6cccc7oc8ccccc8c67)c5)nc(-c5ccccc5)n4)cc3)cccc21. The first-order chi connectivity index (χ1) is 27.5. The molecular formula is C53H36N2O. The van der Waals surface area contributed by atoms with Crippen molar-refractivity contribution >= 4 is 32.7 Å². The van der Waals surface area contributed by atoms with E-state index in [0.717, 1.165) is 61.1 Å². The highest BCUT2D eigenvalue weighted by Crippen LogP contribution is 2.53. The Bertz CT molecular complexity index is 3150. The summed E-state index contributed by atoms with van der Waals surface area (Å²) < 4.78 is 6.24. The van der Waals surface area contributed by atoms with Crippen LogP contribution in [0.15, 0.2) is 186 Å². The Labute approximate surface area is 325 Å². The standard InChI is InChI=1S/C53H36N2O/c1-53(2)44-22-11-20-40(50(44)43-30-36-15-6-7-16-37(36)31-45(43)53)33-25-27-34(28-26-33)46-32-47(55-52(54-46)35-13-4-3-5-14-35)39-18-10-17-38(29-39)41-21-12-24-49-51(41)42-19-8-9-23-48(42)56-49/h3-32H,1-2H3. The summed E-state index contributed by atoms with van der Waals surface area (Å²) in [5.74, 6) is 0.697. The minimum Gasteiger partial charge on any atom is -0.456 e. The lowest BCUT2D eigenvalue weighted by Gasteiger charge is -2.22. The molecule has 264 valence electrons. The largest absolute Gasteiger partial charge is 0.456 e. The van der Waals surface area contributed by atoms with E-state index in [4.69, 9.17) is 14.4 Å². The van der Waals surface area contributed by atoms with Crippen LogP contribution in [0.1, 0.15) is 25.0 Å². The average Bonchev–Trinajstić information content (AvgIpc) is 3.75. The molecule has 10 aromatic rings. The molecule has 0 unspecified atom stereocenters. The van der Waals surface area contributed by atoms with Crippen LogP contribution in [0.5, 0.6) is 0 Å². The molecule has 0 atom stereocenters. The van der Waals surface area contributed by atoms with Crippen molar-refractivity contribution in [3.05, 3.63) is 193 Å². The van der Waals surface area contributed by atoms with Crippen LogP contribution in [-0.4, -0.2) is 9.97 Å². The smallest absolute Gasteiger partial charge is 0.160 e. The van der Waals surface area contributed by atoms with Gasteiger partial charge in [0, 0.05) is 32.9 Å². The molecule has 0 amide bonds. The van der Waals surface area contributed by atoms with E-state index in [2.05, 4.69) is 159 Å². The van der Waals surface area contributed by atoms with Crippen LogP contribution in [0, 0.1) is 0 Å². The van der Waals surface area contributed by atoms with Gasteiger partial charge >= 0.3 is 0 Å². The zero-order valence-electron chi connectivity index (χ0n) is 31.1. The fourth-order valence-corrected chi connectivity index (χ4v) is 8.85. The second-order valence-corrected chi connectivity index (χ2v) is 15.4. The van der Waals surface area contributed by atoms with Crippen LogP contribution in [0.2, 0.25) is 0 Å². The van der Waals surface area contributed by atoms with Crippen molar-refractivity contribution in [2.24, 2.45) is 0 Å². The summed E-state index contributed by atoms with van der Waals surface area (Å²) >= 11 is 0. The Balaban J connectivity index is 1.02. The van der Waals surface area contributed by atoms with Crippen LogP contribution in [0.25, 0.3) is 100.0 Å². The van der Waals surface area contributed by atoms with Gasteiger partial charge in [0.15, 0.2) is 5.82 Å². The Kier molecular flexibility index (Phi) is 7.20. The van der Waals surface area contributed by atoms with Crippen molar-refractivity contribution in [1.29, 1.82) is 0 Å². The van der Waals surface area contributed by atoms with Crippen LogP contribution >= 0.6 is 0 Å². The third-order valence-electron chi connectivity index (χ3n) is 11.7. The highest BCUT2D eigenvalue weighted by Gasteiger charge is 2.37. The van der Waals surface area contributed by atoms with Gasteiger partial charge in [-0.3, -0.25) is 0 Å². The fourth-order valence-electron chi connectivity index (χ4n) is 8.85. The number of benzene rings is 8. The van der Waals surface area contributed by atoms with Crippen molar-refractivity contribution in [3.63, 3.8) is 0 Å². The maximum atomic E-state index is 6.24. The molecule has 2 heterocycles. The lowest BCUT2D eigenvalue weighted by molar-refractivity contribution is 0.661. The minimum atomic E-state index is -0.0913. The third-order valence-corrected chi connectivity index (χ3v) is 11.7. The minimum absolute atomic E-state index is 0.0913. The average molecular weight is 717 g/mol. The normalized spacial score (nSPS) is 13.0. The topological polar surface area (TPSA) is 38.9 Å². The maximum absolute atomic E-state index is 6.24. The van der Waals surface area contributed by atoms with Gasteiger partial charge in [-0.15, -0.1) is 0 Å². The van der Waals surface area contributed by atoms with Gasteiger partial charge in [-0.05, 0) is 91.7 Å². The quantitative estimate of drug-likeness (QED) is 0.178. The number of furan rings is 1. The van der Waals surface area contributed by atoms with Gasteiger partial charge in [-0.2, -0.15) is 0 Å². The van der Waals surface area contributed by atoms with Gasteiger partial charge in [0.1, 0.15) is 11.2 Å². The van der Waals surface area contributed by atoms with E-state index in [-0.39, 0.29) is 5.41 Å². The molecule has 0 saturated heterocycles. The second-order valence-electron chi connectivity index (χ2n) is 15.4. The van der Waals surface area contributed by atoms with E-state index in [1.165, 1.54) is 44.2 Å². The molecule has 2 aromatic heterocycles. The van der Waals surface area contributed by atoms with Gasteiger partial charge in [0.25, 0.3) is 0 Å². The van der Waals surface area contributed by atoms with Gasteiger partial charge in [0.05, 0.1) is 11.4 Å². The Hall–Kier alpha value is -7.10. The molecule has 0 spiro atoms. The van der Waals surface area contributed by atoms with Crippen molar-refractivity contribution in [2.75, 3.05) is 0 Å². The molecule has 3 nitrogen and oxygen atoms in total. The van der Waals surface area contributed by atoms with Crippen LogP contribution in [0.3, 0.4) is 0 Å². The van der Waals surface area contributed by atoms with E-state index in [0.29, 0.717) is 5.82 Å². The van der Waals surface area contributed by atoms with E-state index in [9.17, 15) is 0 Å². The molecule has 1 aliphatic rings. The Morgan fingerprint density at radius 2 is 1.04 bits per heavy atom. The Morgan fingerprint density at radius 1 is 0.411 bits per heavy atom. The number of hydrogen-bond acceptors (Lipinski definition) is 3. The zero-order chi connectivity index (χ0) is 37.4. The van der Waals surface area contributed by atoms with Crippen molar-refractivity contribution in [2.45, 2.75) is 19.3 Å². The molecule has 11 rings (SSSR count). The first-order valence-electron chi connectivity index (χ1n) is 19.2. The molecule has 0 bridgehead atoms. The molecule has 0 radical (unpaired) electrons. The van der Waals surface area contributed by atoms with Crippen molar-refractivity contribution < 1.29 is 4.42 Å². The molecule has 3 heteroatoms. The van der Waals surface area contributed by atoms with E-state index in [1.54, 1.807) is 0 Å². The summed E-state index contributed by atoms with van der Waals surface area (Å²) in [6, 6.07) is 64.7. The van der Waals surface area contributed by atoms with Crippen molar-refractivity contribution in [1.82, 2.24) is 9.97 Å². The molecule has 8 aromatic carbocycles. The number of para-hydroxylation sites is 1. The molecule has 1 aliphatic carbocycles. The molecule has 0 saturated carbocycles. The van der Waals surface area contributed by atoms with E-state index >= 15 is 0 Å². The van der Waals surface area contributed by atoms with Crippen molar-refractivity contribution in [3.8, 4) is 67.3 Å². The maximum Gasteiger partial charge on any atom is 0.160 e. The second kappa shape index (κ2) is 12.5. The van der Waals surface area contributed by atoms with Gasteiger partial charge < -0.3 is 4.42 Å². The number of nitrogens with zero attached hydrogens (tertiary/aromatic N) is 2. The fraction of sp³-hybridized carbons (Fsp3) is 0.0566. The lowest BCUT2D eigenvalue weighted by atomic mass is 9.81. The number of hydrogen-bond donors (Lipinski definition) is 0. The van der Waals surface area contributed by atoms with E-state index in [1.807, 2.05) is 36.4 Å². The molecular weight excluding hydrogens is 681 g/mol. The molecule has 0 N–H and O–H groups in total.